The van der Waals surface area contributed by atoms with Gasteiger partial charge in [-0.25, -0.2) is 0 Å². The second-order valence-corrected chi connectivity index (χ2v) is 4.41. The van der Waals surface area contributed by atoms with Gasteiger partial charge in [-0.15, -0.1) is 0 Å². The van der Waals surface area contributed by atoms with Crippen LogP contribution < -0.4 is 10.2 Å². The van der Waals surface area contributed by atoms with Crippen LogP contribution in [0.5, 0.6) is 0 Å². The van der Waals surface area contributed by atoms with Crippen LogP contribution in [-0.2, 0) is 0 Å². The number of rotatable bonds is 1. The van der Waals surface area contributed by atoms with Gasteiger partial charge in [0.25, 0.3) is 0 Å². The molecule has 0 atom stereocenters. The third-order valence-electron chi connectivity index (χ3n) is 1.14. The Morgan fingerprint density at radius 1 is 1.17 bits per heavy atom. The number of halogens is 3. The third kappa shape index (κ3) is 2.75. The molecule has 0 aliphatic rings. The molecule has 0 aliphatic carbocycles. The number of nitrogen functional groups attached to an aromatic ring is 1. The number of anilines is 1. The monoisotopic (exact) mass is 241 g/mol. The van der Waals surface area contributed by atoms with Crippen LogP contribution in [0.2, 0.25) is 0 Å². The zero-order chi connectivity index (χ0) is 9.19. The fourth-order valence-corrected chi connectivity index (χ4v) is 1.92. The van der Waals surface area contributed by atoms with Gasteiger partial charge in [0.1, 0.15) is 0 Å². The van der Waals surface area contributed by atoms with Gasteiger partial charge in [0.15, 0.2) is 0 Å². The Morgan fingerprint density at radius 3 is 2.25 bits per heavy atom. The van der Waals surface area contributed by atoms with E-state index in [0.29, 0.717) is 0 Å². The minimum atomic E-state index is -4.12. The second-order valence-electron chi connectivity index (χ2n) is 2.09. The van der Waals surface area contributed by atoms with E-state index in [2.05, 4.69) is 0 Å². The molecule has 66 valence electrons. The van der Waals surface area contributed by atoms with Crippen LogP contribution in [0, 0.1) is 0 Å². The first-order chi connectivity index (χ1) is 5.49. The molecule has 1 aromatic rings. The van der Waals surface area contributed by atoms with Crippen molar-refractivity contribution in [1.29, 1.82) is 0 Å². The molecule has 0 fully saturated rings. The Kier molecular flexibility index (Phi) is 2.65. The summed E-state index contributed by atoms with van der Waals surface area (Å²) in [6.07, 6.45) is 0. The van der Waals surface area contributed by atoms with Crippen LogP contribution in [0.15, 0.2) is 24.3 Å². The summed E-state index contributed by atoms with van der Waals surface area (Å²) in [5.74, 6) is 0. The van der Waals surface area contributed by atoms with Gasteiger partial charge in [-0.05, 0) is 0 Å². The molecule has 0 heterocycles. The molecular formula is C7H6F3NSe. The summed E-state index contributed by atoms with van der Waals surface area (Å²) in [7, 11) is 0. The Balaban J connectivity index is 2.83. The summed E-state index contributed by atoms with van der Waals surface area (Å²) in [5.41, 5.74) is 5.56. The van der Waals surface area contributed by atoms with E-state index in [1.807, 2.05) is 0 Å². The minimum absolute atomic E-state index is 0.192. The molecule has 0 aromatic heterocycles. The zero-order valence-electron chi connectivity index (χ0n) is 5.93. The van der Waals surface area contributed by atoms with Gasteiger partial charge < -0.3 is 0 Å². The summed E-state index contributed by atoms with van der Waals surface area (Å²) in [5, 5.41) is -4.12. The molecule has 0 bridgehead atoms. The van der Waals surface area contributed by atoms with E-state index in [1.165, 1.54) is 12.1 Å². The average Bonchev–Trinajstić information content (AvgIpc) is 1.91. The van der Waals surface area contributed by atoms with Crippen LogP contribution in [0.4, 0.5) is 18.9 Å². The molecule has 0 spiro atoms. The van der Waals surface area contributed by atoms with Gasteiger partial charge in [-0.1, -0.05) is 0 Å². The van der Waals surface area contributed by atoms with E-state index in [1.54, 1.807) is 12.1 Å². The van der Waals surface area contributed by atoms with Gasteiger partial charge in [0.05, 0.1) is 0 Å². The SMILES string of the molecule is Nc1ccccc1[Se]C(F)(F)F. The number of para-hydroxylation sites is 1. The Bertz CT molecular complexity index is 272. The van der Waals surface area contributed by atoms with Gasteiger partial charge in [0.2, 0.25) is 0 Å². The normalized spacial score (nSPS) is 11.6. The van der Waals surface area contributed by atoms with Crippen molar-refractivity contribution in [2.45, 2.75) is 5.07 Å². The zero-order valence-corrected chi connectivity index (χ0v) is 7.64. The molecule has 0 saturated heterocycles. The van der Waals surface area contributed by atoms with Crippen molar-refractivity contribution < 1.29 is 13.2 Å². The number of alkyl halides is 3. The van der Waals surface area contributed by atoms with Crippen molar-refractivity contribution in [2.24, 2.45) is 0 Å². The van der Waals surface area contributed by atoms with Crippen molar-refractivity contribution in [1.82, 2.24) is 0 Å². The Morgan fingerprint density at radius 2 is 1.75 bits per heavy atom. The molecular weight excluding hydrogens is 234 g/mol. The van der Waals surface area contributed by atoms with Crippen molar-refractivity contribution in [3.8, 4) is 0 Å². The topological polar surface area (TPSA) is 26.0 Å². The number of benzene rings is 1. The van der Waals surface area contributed by atoms with Crippen LogP contribution in [-0.4, -0.2) is 20.0 Å². The van der Waals surface area contributed by atoms with Crippen LogP contribution in [0.1, 0.15) is 0 Å². The molecule has 0 aliphatic heterocycles. The summed E-state index contributed by atoms with van der Waals surface area (Å²) >= 11 is -1.53. The van der Waals surface area contributed by atoms with E-state index in [9.17, 15) is 13.2 Å². The fraction of sp³-hybridized carbons (Fsp3) is 0.143. The van der Waals surface area contributed by atoms with Crippen molar-refractivity contribution in [3.63, 3.8) is 0 Å². The molecule has 5 heteroatoms. The Labute approximate surface area is 73.9 Å². The molecule has 1 aromatic carbocycles. The molecule has 1 nitrogen and oxygen atoms in total. The van der Waals surface area contributed by atoms with E-state index < -0.39 is 20.0 Å². The van der Waals surface area contributed by atoms with Gasteiger partial charge in [-0.3, -0.25) is 0 Å². The van der Waals surface area contributed by atoms with Gasteiger partial charge in [-0.2, -0.15) is 0 Å². The van der Waals surface area contributed by atoms with Crippen LogP contribution in [0.25, 0.3) is 0 Å². The van der Waals surface area contributed by atoms with Crippen LogP contribution in [0.3, 0.4) is 0 Å². The summed E-state index contributed by atoms with van der Waals surface area (Å²) < 4.78 is 35.9. The second kappa shape index (κ2) is 3.37. The third-order valence-corrected chi connectivity index (χ3v) is 2.87. The van der Waals surface area contributed by atoms with Crippen molar-refractivity contribution in [2.75, 3.05) is 5.73 Å². The first kappa shape index (κ1) is 9.42. The van der Waals surface area contributed by atoms with Crippen molar-refractivity contribution >= 4 is 25.1 Å². The van der Waals surface area contributed by atoms with E-state index >= 15 is 0 Å². The maximum absolute atomic E-state index is 11.9. The van der Waals surface area contributed by atoms with Crippen molar-refractivity contribution in [3.05, 3.63) is 24.3 Å². The fourth-order valence-electron chi connectivity index (χ4n) is 0.698. The Hall–Kier alpha value is -0.671. The molecule has 0 radical (unpaired) electrons. The first-order valence-corrected chi connectivity index (χ1v) is 4.80. The summed E-state index contributed by atoms with van der Waals surface area (Å²) in [6.45, 7) is 0. The number of hydrogen-bond acceptors (Lipinski definition) is 1. The molecule has 0 amide bonds. The summed E-state index contributed by atoms with van der Waals surface area (Å²) in [4.78, 5) is 0. The predicted octanol–water partition coefficient (Wildman–Crippen LogP) is 1.12. The molecule has 1 rings (SSSR count). The average molecular weight is 240 g/mol. The molecule has 12 heavy (non-hydrogen) atoms. The predicted molar refractivity (Wildman–Crippen MR) is 42.3 cm³/mol. The first-order valence-electron chi connectivity index (χ1n) is 3.09. The molecule has 2 N–H and O–H groups in total. The van der Waals surface area contributed by atoms with Gasteiger partial charge >= 0.3 is 73.4 Å². The van der Waals surface area contributed by atoms with E-state index in [4.69, 9.17) is 5.73 Å². The van der Waals surface area contributed by atoms with E-state index in [0.717, 1.165) is 0 Å². The molecule has 0 unspecified atom stereocenters. The quantitative estimate of drug-likeness (QED) is 0.577. The maximum atomic E-state index is 11.9. The summed E-state index contributed by atoms with van der Waals surface area (Å²) in [6, 6.07) is 6.05. The number of hydrogen-bond donors (Lipinski definition) is 1. The number of nitrogens with two attached hydrogens (primary N) is 1. The van der Waals surface area contributed by atoms with Gasteiger partial charge in [0, 0.05) is 0 Å². The molecule has 0 saturated carbocycles. The standard InChI is InChI=1S/C7H6F3NSe/c8-7(9,10)12-6-4-2-1-3-5(6)11/h1-4H,11H2. The van der Waals surface area contributed by atoms with E-state index in [-0.39, 0.29) is 10.1 Å². The van der Waals surface area contributed by atoms with Crippen LogP contribution >= 0.6 is 0 Å².